The third-order valence-electron chi connectivity index (χ3n) is 3.00. The Labute approximate surface area is 108 Å². The van der Waals surface area contributed by atoms with Gasteiger partial charge in [0.2, 0.25) is 10.0 Å². The summed E-state index contributed by atoms with van der Waals surface area (Å²) in [7, 11) is -3.58. The Morgan fingerprint density at radius 3 is 2.00 bits per heavy atom. The minimum Gasteiger partial charge on any atom is -0.208 e. The van der Waals surface area contributed by atoms with Gasteiger partial charge in [-0.25, -0.2) is 17.5 Å². The Hall–Kier alpha value is -0.940. The highest BCUT2D eigenvalue weighted by Crippen LogP contribution is 2.22. The van der Waals surface area contributed by atoms with Crippen molar-refractivity contribution in [3.63, 3.8) is 0 Å². The quantitative estimate of drug-likeness (QED) is 0.896. The Kier molecular flexibility index (Phi) is 4.87. The first-order valence-corrected chi connectivity index (χ1v) is 7.59. The first-order chi connectivity index (χ1) is 8.31. The van der Waals surface area contributed by atoms with Crippen molar-refractivity contribution in [2.24, 2.45) is 0 Å². The van der Waals surface area contributed by atoms with Gasteiger partial charge in [-0.3, -0.25) is 0 Å². The number of hydrogen-bond acceptors (Lipinski definition) is 2. The third kappa shape index (κ3) is 3.29. The molecular formula is C13H20FNO2S. The number of sulfonamides is 1. The summed E-state index contributed by atoms with van der Waals surface area (Å²) in [5.74, 6) is -0.411. The molecule has 1 aromatic carbocycles. The van der Waals surface area contributed by atoms with Crippen molar-refractivity contribution >= 4 is 10.0 Å². The summed E-state index contributed by atoms with van der Waals surface area (Å²) in [6, 6.07) is 2.40. The van der Waals surface area contributed by atoms with Gasteiger partial charge in [0.15, 0.2) is 0 Å². The molecule has 0 unspecified atom stereocenters. The average molecular weight is 273 g/mol. The maximum absolute atomic E-state index is 13.2. The third-order valence-corrected chi connectivity index (χ3v) is 4.83. The van der Waals surface area contributed by atoms with E-state index in [-0.39, 0.29) is 10.9 Å². The summed E-state index contributed by atoms with van der Waals surface area (Å²) in [5.41, 5.74) is 0.872. The van der Waals surface area contributed by atoms with Gasteiger partial charge in [-0.15, -0.1) is 0 Å². The van der Waals surface area contributed by atoms with E-state index in [0.717, 1.165) is 12.8 Å². The Morgan fingerprint density at radius 2 is 1.61 bits per heavy atom. The molecule has 0 saturated carbocycles. The Bertz CT molecular complexity index is 499. The van der Waals surface area contributed by atoms with Gasteiger partial charge in [-0.05, 0) is 49.9 Å². The van der Waals surface area contributed by atoms with Crippen LogP contribution in [-0.2, 0) is 10.0 Å². The van der Waals surface area contributed by atoms with Crippen LogP contribution in [0.5, 0.6) is 0 Å². The highest BCUT2D eigenvalue weighted by Gasteiger charge is 2.22. The van der Waals surface area contributed by atoms with Crippen LogP contribution in [0.3, 0.4) is 0 Å². The molecule has 3 nitrogen and oxygen atoms in total. The molecule has 18 heavy (non-hydrogen) atoms. The predicted octanol–water partition coefficient (Wildman–Crippen LogP) is 2.91. The summed E-state index contributed by atoms with van der Waals surface area (Å²) < 4.78 is 40.4. The van der Waals surface area contributed by atoms with Gasteiger partial charge in [0.05, 0.1) is 4.90 Å². The smallest absolute Gasteiger partial charge is 0.208 e. The van der Waals surface area contributed by atoms with Crippen molar-refractivity contribution in [2.45, 2.75) is 51.5 Å². The molecular weight excluding hydrogens is 253 g/mol. The molecule has 0 aromatic heterocycles. The second-order valence-electron chi connectivity index (χ2n) is 4.50. The highest BCUT2D eigenvalue weighted by molar-refractivity contribution is 7.89. The first kappa shape index (κ1) is 15.1. The largest absolute Gasteiger partial charge is 0.241 e. The zero-order valence-corrected chi connectivity index (χ0v) is 12.1. The maximum atomic E-state index is 13.2. The molecule has 1 rings (SSSR count). The van der Waals surface area contributed by atoms with Crippen molar-refractivity contribution < 1.29 is 12.8 Å². The summed E-state index contributed by atoms with van der Waals surface area (Å²) in [5, 5.41) is 0. The molecule has 0 bridgehead atoms. The Balaban J connectivity index is 3.21. The topological polar surface area (TPSA) is 46.2 Å². The lowest BCUT2D eigenvalue weighted by molar-refractivity contribution is 0.529. The van der Waals surface area contributed by atoms with E-state index in [1.54, 1.807) is 13.8 Å². The van der Waals surface area contributed by atoms with Gasteiger partial charge in [-0.1, -0.05) is 13.8 Å². The molecule has 102 valence electrons. The molecule has 0 heterocycles. The van der Waals surface area contributed by atoms with Crippen LogP contribution in [0.4, 0.5) is 4.39 Å². The van der Waals surface area contributed by atoms with Crippen LogP contribution in [0.2, 0.25) is 0 Å². The van der Waals surface area contributed by atoms with Crippen LogP contribution in [0.1, 0.15) is 37.8 Å². The second-order valence-corrected chi connectivity index (χ2v) is 6.15. The monoisotopic (exact) mass is 273 g/mol. The molecule has 1 aromatic rings. The van der Waals surface area contributed by atoms with Crippen LogP contribution in [0, 0.1) is 19.7 Å². The van der Waals surface area contributed by atoms with E-state index in [1.807, 2.05) is 13.8 Å². The molecule has 0 amide bonds. The number of aryl methyl sites for hydroxylation is 2. The van der Waals surface area contributed by atoms with Gasteiger partial charge in [0.25, 0.3) is 0 Å². The summed E-state index contributed by atoms with van der Waals surface area (Å²) in [6.45, 7) is 7.08. The number of nitrogens with one attached hydrogen (secondary N) is 1. The van der Waals surface area contributed by atoms with E-state index in [4.69, 9.17) is 0 Å². The standard InChI is InChI=1S/C13H20FNO2S/c1-5-12(6-2)15-18(16,17)13-9(3)7-11(14)8-10(13)4/h7-8,12,15H,5-6H2,1-4H3. The van der Waals surface area contributed by atoms with E-state index in [1.165, 1.54) is 12.1 Å². The number of benzene rings is 1. The van der Waals surface area contributed by atoms with E-state index in [0.29, 0.717) is 11.1 Å². The summed E-state index contributed by atoms with van der Waals surface area (Å²) in [4.78, 5) is 0.191. The van der Waals surface area contributed by atoms with E-state index >= 15 is 0 Å². The molecule has 0 spiro atoms. The SMILES string of the molecule is CCC(CC)NS(=O)(=O)c1c(C)cc(F)cc1C. The zero-order chi connectivity index (χ0) is 13.9. The Morgan fingerprint density at radius 1 is 1.17 bits per heavy atom. The van der Waals surface area contributed by atoms with E-state index in [9.17, 15) is 12.8 Å². The maximum Gasteiger partial charge on any atom is 0.241 e. The van der Waals surface area contributed by atoms with E-state index in [2.05, 4.69) is 4.72 Å². The lowest BCUT2D eigenvalue weighted by atomic mass is 10.1. The fraction of sp³-hybridized carbons (Fsp3) is 0.538. The fourth-order valence-electron chi connectivity index (χ4n) is 2.05. The number of hydrogen-bond donors (Lipinski definition) is 1. The van der Waals surface area contributed by atoms with Crippen molar-refractivity contribution in [1.29, 1.82) is 0 Å². The fourth-order valence-corrected chi connectivity index (χ4v) is 3.91. The number of rotatable bonds is 5. The minimum absolute atomic E-state index is 0.0844. The van der Waals surface area contributed by atoms with E-state index < -0.39 is 15.8 Å². The van der Waals surface area contributed by atoms with Crippen molar-refractivity contribution in [1.82, 2.24) is 4.72 Å². The van der Waals surface area contributed by atoms with Crippen LogP contribution in [0.15, 0.2) is 17.0 Å². The summed E-state index contributed by atoms with van der Waals surface area (Å²) in [6.07, 6.45) is 1.46. The van der Waals surface area contributed by atoms with Gasteiger partial charge >= 0.3 is 0 Å². The molecule has 0 aliphatic carbocycles. The van der Waals surface area contributed by atoms with Gasteiger partial charge < -0.3 is 0 Å². The van der Waals surface area contributed by atoms with Crippen molar-refractivity contribution in [3.05, 3.63) is 29.1 Å². The molecule has 5 heteroatoms. The lowest BCUT2D eigenvalue weighted by Crippen LogP contribution is -2.34. The van der Waals surface area contributed by atoms with Crippen LogP contribution in [-0.4, -0.2) is 14.5 Å². The first-order valence-electron chi connectivity index (χ1n) is 6.10. The molecule has 0 fully saturated rings. The van der Waals surface area contributed by atoms with Gasteiger partial charge in [0, 0.05) is 6.04 Å². The van der Waals surface area contributed by atoms with Gasteiger partial charge in [0.1, 0.15) is 5.82 Å². The second kappa shape index (κ2) is 5.80. The lowest BCUT2D eigenvalue weighted by Gasteiger charge is -2.17. The molecule has 0 aliphatic rings. The van der Waals surface area contributed by atoms with Gasteiger partial charge in [-0.2, -0.15) is 0 Å². The molecule has 0 aliphatic heterocycles. The van der Waals surface area contributed by atoms with Crippen molar-refractivity contribution in [2.75, 3.05) is 0 Å². The van der Waals surface area contributed by atoms with Crippen LogP contribution in [0.25, 0.3) is 0 Å². The van der Waals surface area contributed by atoms with Crippen molar-refractivity contribution in [3.8, 4) is 0 Å². The highest BCUT2D eigenvalue weighted by atomic mass is 32.2. The zero-order valence-electron chi connectivity index (χ0n) is 11.2. The van der Waals surface area contributed by atoms with Crippen LogP contribution < -0.4 is 4.72 Å². The normalized spacial score (nSPS) is 12.1. The average Bonchev–Trinajstić information content (AvgIpc) is 2.23. The molecule has 0 saturated heterocycles. The molecule has 0 atom stereocenters. The number of halogens is 1. The minimum atomic E-state index is -3.58. The van der Waals surface area contributed by atoms with Crippen LogP contribution >= 0.6 is 0 Å². The predicted molar refractivity (Wildman–Crippen MR) is 70.6 cm³/mol. The molecule has 1 N–H and O–H groups in total. The molecule has 0 radical (unpaired) electrons. The summed E-state index contributed by atoms with van der Waals surface area (Å²) >= 11 is 0.